The van der Waals surface area contributed by atoms with E-state index in [9.17, 15) is 9.59 Å². The molecule has 2 aliphatic rings. The molecule has 0 bridgehead atoms. The number of hydrogen-bond donors (Lipinski definition) is 1. The van der Waals surface area contributed by atoms with Crippen LogP contribution in [0.15, 0.2) is 24.4 Å². The van der Waals surface area contributed by atoms with E-state index >= 15 is 4.39 Å². The van der Waals surface area contributed by atoms with Gasteiger partial charge in [0.15, 0.2) is 5.67 Å². The van der Waals surface area contributed by atoms with Gasteiger partial charge in [-0.3, -0.25) is 4.79 Å². The van der Waals surface area contributed by atoms with Crippen molar-refractivity contribution in [2.45, 2.75) is 38.5 Å². The molecule has 3 heterocycles. The molecule has 1 aromatic heterocycles. The van der Waals surface area contributed by atoms with Crippen molar-refractivity contribution in [1.29, 1.82) is 0 Å². The quantitative estimate of drug-likeness (QED) is 0.777. The van der Waals surface area contributed by atoms with E-state index in [1.807, 2.05) is 19.1 Å². The standard InChI is InChI=1S/C20H22FN3O3S/c1-13-14(2-3-15-16(13)12-27-18(15)25)5-9-24-10-6-20(21,7-11-24)19(26)23-17-4-8-22-28-17/h2-4,8H,5-7,9-12H2,1H3,(H,23,26). The Kier molecular flexibility index (Phi) is 5.16. The van der Waals surface area contributed by atoms with Crippen LogP contribution < -0.4 is 5.32 Å². The smallest absolute Gasteiger partial charge is 0.338 e. The summed E-state index contributed by atoms with van der Waals surface area (Å²) >= 11 is 1.14. The van der Waals surface area contributed by atoms with E-state index in [4.69, 9.17) is 4.74 Å². The van der Waals surface area contributed by atoms with Gasteiger partial charge < -0.3 is 15.0 Å². The molecule has 6 nitrogen and oxygen atoms in total. The number of hydrogen-bond acceptors (Lipinski definition) is 6. The number of fused-ring (bicyclic) bond motifs is 1. The van der Waals surface area contributed by atoms with Crippen LogP contribution in [0.1, 0.15) is 39.9 Å². The van der Waals surface area contributed by atoms with Gasteiger partial charge in [-0.2, -0.15) is 4.37 Å². The summed E-state index contributed by atoms with van der Waals surface area (Å²) in [4.78, 5) is 26.1. The first-order chi connectivity index (χ1) is 13.5. The molecule has 1 saturated heterocycles. The summed E-state index contributed by atoms with van der Waals surface area (Å²) < 4.78 is 24.1. The van der Waals surface area contributed by atoms with Gasteiger partial charge in [0.05, 0.1) is 5.56 Å². The molecule has 0 unspecified atom stereocenters. The number of esters is 1. The van der Waals surface area contributed by atoms with Crippen LogP contribution in [0.3, 0.4) is 0 Å². The maximum atomic E-state index is 15.0. The van der Waals surface area contributed by atoms with Crippen molar-refractivity contribution in [3.05, 3.63) is 46.6 Å². The highest BCUT2D eigenvalue weighted by atomic mass is 32.1. The van der Waals surface area contributed by atoms with Gasteiger partial charge in [0.2, 0.25) is 0 Å². The van der Waals surface area contributed by atoms with Crippen molar-refractivity contribution in [2.75, 3.05) is 25.0 Å². The molecule has 0 spiro atoms. The summed E-state index contributed by atoms with van der Waals surface area (Å²) in [5.74, 6) is -0.827. The SMILES string of the molecule is Cc1c(CCN2CCC(F)(C(=O)Nc3ccns3)CC2)ccc2c1COC2=O. The molecule has 0 saturated carbocycles. The van der Waals surface area contributed by atoms with Gasteiger partial charge >= 0.3 is 5.97 Å². The fraction of sp³-hybridized carbons (Fsp3) is 0.450. The molecule has 1 amide bonds. The Hall–Kier alpha value is -2.32. The molecular formula is C20H22FN3O3S. The van der Waals surface area contributed by atoms with Crippen LogP contribution in [-0.2, 0) is 22.6 Å². The number of nitrogens with one attached hydrogen (secondary N) is 1. The van der Waals surface area contributed by atoms with Crippen molar-refractivity contribution in [3.8, 4) is 0 Å². The number of carbonyl (C=O) groups excluding carboxylic acids is 2. The Morgan fingerprint density at radius 1 is 1.36 bits per heavy atom. The van der Waals surface area contributed by atoms with Crippen molar-refractivity contribution in [3.63, 3.8) is 0 Å². The summed E-state index contributed by atoms with van der Waals surface area (Å²) in [5, 5.41) is 3.19. The topological polar surface area (TPSA) is 71.5 Å². The van der Waals surface area contributed by atoms with Crippen LogP contribution in [0.2, 0.25) is 0 Å². The lowest BCUT2D eigenvalue weighted by Crippen LogP contribution is -2.49. The zero-order chi connectivity index (χ0) is 19.7. The van der Waals surface area contributed by atoms with Crippen LogP contribution in [0.4, 0.5) is 9.39 Å². The highest BCUT2D eigenvalue weighted by Gasteiger charge is 2.41. The van der Waals surface area contributed by atoms with E-state index in [0.29, 0.717) is 30.3 Å². The molecule has 8 heteroatoms. The summed E-state index contributed by atoms with van der Waals surface area (Å²) in [7, 11) is 0. The Balaban J connectivity index is 1.31. The van der Waals surface area contributed by atoms with E-state index in [0.717, 1.165) is 35.6 Å². The third kappa shape index (κ3) is 3.66. The van der Waals surface area contributed by atoms with Crippen LogP contribution in [0, 0.1) is 6.92 Å². The molecule has 1 N–H and O–H groups in total. The van der Waals surface area contributed by atoms with Gasteiger partial charge in [-0.25, -0.2) is 9.18 Å². The van der Waals surface area contributed by atoms with E-state index in [1.54, 1.807) is 12.3 Å². The third-order valence-electron chi connectivity index (χ3n) is 5.71. The lowest BCUT2D eigenvalue weighted by molar-refractivity contribution is -0.130. The fourth-order valence-corrected chi connectivity index (χ4v) is 4.31. The average Bonchev–Trinajstić information content (AvgIpc) is 3.33. The van der Waals surface area contributed by atoms with E-state index < -0.39 is 11.6 Å². The van der Waals surface area contributed by atoms with Gasteiger partial charge in [-0.1, -0.05) is 6.07 Å². The number of amides is 1. The number of ether oxygens (including phenoxy) is 1. The van der Waals surface area contributed by atoms with Crippen molar-refractivity contribution < 1.29 is 18.7 Å². The van der Waals surface area contributed by atoms with Crippen LogP contribution in [0.5, 0.6) is 0 Å². The number of rotatable bonds is 5. The first-order valence-corrected chi connectivity index (χ1v) is 10.2. The number of halogens is 1. The molecular weight excluding hydrogens is 381 g/mol. The second kappa shape index (κ2) is 7.60. The molecule has 0 atom stereocenters. The van der Waals surface area contributed by atoms with Crippen LogP contribution >= 0.6 is 11.5 Å². The first-order valence-electron chi connectivity index (χ1n) is 9.38. The van der Waals surface area contributed by atoms with E-state index in [2.05, 4.69) is 14.6 Å². The largest absolute Gasteiger partial charge is 0.457 e. The average molecular weight is 403 g/mol. The molecule has 1 fully saturated rings. The molecule has 1 aromatic carbocycles. The molecule has 4 rings (SSSR count). The van der Waals surface area contributed by atoms with Gasteiger partial charge in [0, 0.05) is 44.2 Å². The lowest BCUT2D eigenvalue weighted by atomic mass is 9.91. The van der Waals surface area contributed by atoms with E-state index in [-0.39, 0.29) is 18.8 Å². The van der Waals surface area contributed by atoms with Gasteiger partial charge in [0.25, 0.3) is 5.91 Å². The number of anilines is 1. The minimum Gasteiger partial charge on any atom is -0.457 e. The van der Waals surface area contributed by atoms with Crippen molar-refractivity contribution in [2.24, 2.45) is 0 Å². The first kappa shape index (κ1) is 19.0. The monoisotopic (exact) mass is 403 g/mol. The van der Waals surface area contributed by atoms with Crippen LogP contribution in [-0.4, -0.2) is 46.5 Å². The van der Waals surface area contributed by atoms with Gasteiger partial charge in [-0.15, -0.1) is 0 Å². The number of piperidine rings is 1. The molecule has 2 aromatic rings. The number of alkyl halides is 1. The maximum Gasteiger partial charge on any atom is 0.338 e. The van der Waals surface area contributed by atoms with Crippen LogP contribution in [0.25, 0.3) is 0 Å². The molecule has 0 aliphatic carbocycles. The normalized spacial score (nSPS) is 18.6. The molecule has 0 radical (unpaired) electrons. The fourth-order valence-electron chi connectivity index (χ4n) is 3.81. The maximum absolute atomic E-state index is 15.0. The summed E-state index contributed by atoms with van der Waals surface area (Å²) in [6.45, 7) is 4.23. The Labute approximate surface area is 166 Å². The number of likely N-dealkylation sites (tertiary alicyclic amines) is 1. The highest BCUT2D eigenvalue weighted by molar-refractivity contribution is 7.10. The lowest BCUT2D eigenvalue weighted by Gasteiger charge is -2.35. The number of benzene rings is 1. The number of aromatic nitrogens is 1. The Morgan fingerprint density at radius 2 is 2.14 bits per heavy atom. The number of nitrogens with zero attached hydrogens (tertiary/aromatic N) is 2. The zero-order valence-electron chi connectivity index (χ0n) is 15.7. The summed E-state index contributed by atoms with van der Waals surface area (Å²) in [6.07, 6.45) is 2.77. The molecule has 148 valence electrons. The summed E-state index contributed by atoms with van der Waals surface area (Å²) in [5.41, 5.74) is 2.08. The minimum atomic E-state index is -1.83. The van der Waals surface area contributed by atoms with Crippen molar-refractivity contribution >= 4 is 28.4 Å². The van der Waals surface area contributed by atoms with Crippen molar-refractivity contribution in [1.82, 2.24) is 9.27 Å². The molecule has 28 heavy (non-hydrogen) atoms. The van der Waals surface area contributed by atoms with Gasteiger partial charge in [0.1, 0.15) is 11.6 Å². The number of cyclic esters (lactones) is 1. The third-order valence-corrected chi connectivity index (χ3v) is 6.37. The predicted molar refractivity (Wildman–Crippen MR) is 104 cm³/mol. The minimum absolute atomic E-state index is 0.184. The zero-order valence-corrected chi connectivity index (χ0v) is 16.5. The Morgan fingerprint density at radius 3 is 2.86 bits per heavy atom. The molecule has 2 aliphatic heterocycles. The second-order valence-electron chi connectivity index (χ2n) is 7.34. The van der Waals surface area contributed by atoms with Gasteiger partial charge in [-0.05, 0) is 48.1 Å². The predicted octanol–water partition coefficient (Wildman–Crippen LogP) is 3.11. The summed E-state index contributed by atoms with van der Waals surface area (Å²) in [6, 6.07) is 5.48. The highest BCUT2D eigenvalue weighted by Crippen LogP contribution is 2.30. The number of carbonyl (C=O) groups is 2. The second-order valence-corrected chi connectivity index (χ2v) is 8.17. The Bertz CT molecular complexity index is 892. The van der Waals surface area contributed by atoms with E-state index in [1.165, 1.54) is 5.56 Å².